The summed E-state index contributed by atoms with van der Waals surface area (Å²) in [5.41, 5.74) is 0.351. The van der Waals surface area contributed by atoms with Crippen LogP contribution in [0, 0.1) is 11.3 Å². The van der Waals surface area contributed by atoms with Crippen molar-refractivity contribution >= 4 is 0 Å². The number of hydrogen-bond acceptors (Lipinski definition) is 1. The maximum Gasteiger partial charge on any atom is 0.107 e. The largest absolute Gasteiger partial charge is 0.303 e. The Kier molecular flexibility index (Phi) is 4.30. The number of piperidine rings is 1. The third-order valence-corrected chi connectivity index (χ3v) is 5.44. The van der Waals surface area contributed by atoms with Gasteiger partial charge in [-0.3, -0.25) is 0 Å². The molecule has 0 aromatic heterocycles. The molecule has 18 heavy (non-hydrogen) atoms. The first-order valence-corrected chi connectivity index (χ1v) is 7.43. The van der Waals surface area contributed by atoms with Crippen molar-refractivity contribution in [2.75, 3.05) is 13.6 Å². The second-order valence-electron chi connectivity index (χ2n) is 6.76. The van der Waals surface area contributed by atoms with Crippen LogP contribution in [-0.2, 0) is 0 Å². The monoisotopic (exact) mass is 259 g/mol. The van der Waals surface area contributed by atoms with Crippen LogP contribution in [0.1, 0.15) is 52.4 Å². The molecule has 0 bridgehead atoms. The molecule has 1 nitrogen and oxygen atoms in total. The molecule has 0 spiro atoms. The van der Waals surface area contributed by atoms with Crippen LogP contribution in [-0.4, -0.2) is 36.9 Å². The summed E-state index contributed by atoms with van der Waals surface area (Å²) in [6.07, 6.45) is 2.97. The van der Waals surface area contributed by atoms with E-state index < -0.39 is 12.3 Å². The highest BCUT2D eigenvalue weighted by Gasteiger charge is 2.42. The van der Waals surface area contributed by atoms with Crippen LogP contribution >= 0.6 is 0 Å². The average molecular weight is 259 g/mol. The van der Waals surface area contributed by atoms with E-state index in [1.165, 1.54) is 6.42 Å². The fourth-order valence-corrected chi connectivity index (χ4v) is 3.70. The molecule has 2 rings (SSSR count). The Hall–Kier alpha value is -0.180. The van der Waals surface area contributed by atoms with E-state index in [-0.39, 0.29) is 12.3 Å². The van der Waals surface area contributed by atoms with E-state index in [1.807, 2.05) is 0 Å². The predicted molar refractivity (Wildman–Crippen MR) is 71.2 cm³/mol. The number of nitrogens with zero attached hydrogens (tertiary/aromatic N) is 1. The Labute approximate surface area is 110 Å². The van der Waals surface area contributed by atoms with Gasteiger partial charge in [-0.2, -0.15) is 0 Å². The zero-order valence-electron chi connectivity index (χ0n) is 12.0. The Bertz CT molecular complexity index is 284. The maximum atomic E-state index is 14.1. The van der Waals surface area contributed by atoms with Crippen molar-refractivity contribution < 1.29 is 8.78 Å². The molecule has 2 fully saturated rings. The van der Waals surface area contributed by atoms with Crippen molar-refractivity contribution in [2.45, 2.75) is 70.8 Å². The maximum absolute atomic E-state index is 14.1. The summed E-state index contributed by atoms with van der Waals surface area (Å²) >= 11 is 0. The number of hydrogen-bond donors (Lipinski definition) is 0. The molecule has 3 heteroatoms. The van der Waals surface area contributed by atoms with Gasteiger partial charge in [0.15, 0.2) is 0 Å². The van der Waals surface area contributed by atoms with Gasteiger partial charge in [0, 0.05) is 18.4 Å². The third kappa shape index (κ3) is 2.87. The number of halogens is 2. The molecule has 1 aliphatic heterocycles. The highest BCUT2D eigenvalue weighted by atomic mass is 19.1. The summed E-state index contributed by atoms with van der Waals surface area (Å²) in [6, 6.07) is 0.311. The molecule has 1 saturated carbocycles. The van der Waals surface area contributed by atoms with Crippen molar-refractivity contribution in [1.29, 1.82) is 0 Å². The quantitative estimate of drug-likeness (QED) is 0.725. The van der Waals surface area contributed by atoms with Gasteiger partial charge >= 0.3 is 0 Å². The molecule has 5 unspecified atom stereocenters. The first-order valence-electron chi connectivity index (χ1n) is 7.43. The van der Waals surface area contributed by atoms with Gasteiger partial charge in [0.05, 0.1) is 0 Å². The molecule has 5 atom stereocenters. The van der Waals surface area contributed by atoms with Crippen LogP contribution in [0.2, 0.25) is 0 Å². The predicted octanol–water partition coefficient (Wildman–Crippen LogP) is 3.97. The minimum Gasteiger partial charge on any atom is -0.303 e. The van der Waals surface area contributed by atoms with Gasteiger partial charge in [0.2, 0.25) is 0 Å². The lowest BCUT2D eigenvalue weighted by atomic mass is 9.69. The number of alkyl halides is 2. The zero-order valence-corrected chi connectivity index (χ0v) is 12.0. The molecule has 1 aliphatic carbocycles. The van der Waals surface area contributed by atoms with Gasteiger partial charge in [-0.05, 0) is 44.7 Å². The Morgan fingerprint density at radius 3 is 2.61 bits per heavy atom. The minimum absolute atomic E-state index is 0.0492. The van der Waals surface area contributed by atoms with Gasteiger partial charge in [-0.25, -0.2) is 8.78 Å². The van der Waals surface area contributed by atoms with Crippen molar-refractivity contribution in [2.24, 2.45) is 11.3 Å². The molecular formula is C15H27F2N. The summed E-state index contributed by atoms with van der Waals surface area (Å²) in [6.45, 7) is 5.60. The Morgan fingerprint density at radius 1 is 1.28 bits per heavy atom. The van der Waals surface area contributed by atoms with Crippen molar-refractivity contribution in [3.8, 4) is 0 Å². The number of rotatable bonds is 2. The summed E-state index contributed by atoms with van der Waals surface area (Å²) in [5, 5.41) is 0. The van der Waals surface area contributed by atoms with E-state index in [9.17, 15) is 8.78 Å². The van der Waals surface area contributed by atoms with Gasteiger partial charge in [0.1, 0.15) is 12.3 Å². The van der Waals surface area contributed by atoms with Crippen molar-refractivity contribution in [3.63, 3.8) is 0 Å². The van der Waals surface area contributed by atoms with Crippen molar-refractivity contribution in [1.82, 2.24) is 4.90 Å². The van der Waals surface area contributed by atoms with Gasteiger partial charge < -0.3 is 4.90 Å². The lowest BCUT2D eigenvalue weighted by Crippen LogP contribution is -2.51. The first-order chi connectivity index (χ1) is 8.45. The van der Waals surface area contributed by atoms with Gasteiger partial charge in [0.25, 0.3) is 0 Å². The third-order valence-electron chi connectivity index (χ3n) is 5.44. The van der Waals surface area contributed by atoms with E-state index in [1.54, 1.807) is 0 Å². The molecule has 0 N–H and O–H groups in total. The summed E-state index contributed by atoms with van der Waals surface area (Å²) in [4.78, 5) is 2.31. The van der Waals surface area contributed by atoms with Crippen LogP contribution in [0.5, 0.6) is 0 Å². The molecular weight excluding hydrogens is 232 g/mol. The van der Waals surface area contributed by atoms with Gasteiger partial charge in [-0.15, -0.1) is 0 Å². The van der Waals surface area contributed by atoms with E-state index in [0.717, 1.165) is 25.8 Å². The molecule has 1 heterocycles. The molecule has 2 aliphatic rings. The summed E-state index contributed by atoms with van der Waals surface area (Å²) in [5.74, 6) is 0.0492. The fourth-order valence-electron chi connectivity index (χ4n) is 3.70. The summed E-state index contributed by atoms with van der Waals surface area (Å²) in [7, 11) is 2.11. The highest BCUT2D eigenvalue weighted by molar-refractivity contribution is 4.95. The lowest BCUT2D eigenvalue weighted by molar-refractivity contribution is -0.0107. The smallest absolute Gasteiger partial charge is 0.107 e. The van der Waals surface area contributed by atoms with Crippen LogP contribution in [0.25, 0.3) is 0 Å². The van der Waals surface area contributed by atoms with E-state index in [2.05, 4.69) is 25.8 Å². The molecule has 0 radical (unpaired) electrons. The highest BCUT2D eigenvalue weighted by Crippen LogP contribution is 2.43. The Balaban J connectivity index is 2.05. The molecule has 0 aromatic carbocycles. The van der Waals surface area contributed by atoms with E-state index in [4.69, 9.17) is 0 Å². The Morgan fingerprint density at radius 2 is 2.00 bits per heavy atom. The second-order valence-corrected chi connectivity index (χ2v) is 6.76. The fraction of sp³-hybridized carbons (Fsp3) is 1.00. The average Bonchev–Trinajstić information content (AvgIpc) is 2.33. The SMILES string of the molecule is CCC1(C)CCN(C)C(C2CCC(F)CC2F)C1. The normalized spacial score (nSPS) is 47.2. The van der Waals surface area contributed by atoms with Crippen LogP contribution in [0.4, 0.5) is 8.78 Å². The van der Waals surface area contributed by atoms with E-state index in [0.29, 0.717) is 17.9 Å². The van der Waals surface area contributed by atoms with Gasteiger partial charge in [-0.1, -0.05) is 20.3 Å². The lowest BCUT2D eigenvalue weighted by Gasteiger charge is -2.48. The molecule has 1 saturated heterocycles. The minimum atomic E-state index is -0.944. The van der Waals surface area contributed by atoms with E-state index >= 15 is 0 Å². The first kappa shape index (κ1) is 14.2. The standard InChI is InChI=1S/C15H27F2N/c1-4-15(2)7-8-18(3)14(10-15)12-6-5-11(16)9-13(12)17/h11-14H,4-10H2,1-3H3. The van der Waals surface area contributed by atoms with Crippen LogP contribution in [0.3, 0.4) is 0 Å². The summed E-state index contributed by atoms with van der Waals surface area (Å²) < 4.78 is 27.4. The molecule has 106 valence electrons. The zero-order chi connectivity index (χ0) is 13.3. The number of likely N-dealkylation sites (tertiary alicyclic amines) is 1. The molecule has 0 aromatic rings. The van der Waals surface area contributed by atoms with Crippen LogP contribution in [0.15, 0.2) is 0 Å². The van der Waals surface area contributed by atoms with Crippen molar-refractivity contribution in [3.05, 3.63) is 0 Å². The topological polar surface area (TPSA) is 3.24 Å². The van der Waals surface area contributed by atoms with Crippen LogP contribution < -0.4 is 0 Å². The molecule has 0 amide bonds. The second kappa shape index (κ2) is 5.44.